The van der Waals surface area contributed by atoms with Gasteiger partial charge in [-0.3, -0.25) is 9.59 Å². The van der Waals surface area contributed by atoms with Gasteiger partial charge in [-0.05, 0) is 63.5 Å². The SMILES string of the molecule is COc1cc([C@H]2c3c(oc4ccc(Br)cc4c3=O)C(=O)N2Cc2ccccc2Cl)cc(Br)c1O. The van der Waals surface area contributed by atoms with Gasteiger partial charge >= 0.3 is 0 Å². The smallest absolute Gasteiger partial charge is 0.291 e. The van der Waals surface area contributed by atoms with Crippen molar-refractivity contribution in [3.8, 4) is 11.5 Å². The van der Waals surface area contributed by atoms with Gasteiger partial charge in [-0.1, -0.05) is 45.7 Å². The van der Waals surface area contributed by atoms with Crippen LogP contribution in [0.2, 0.25) is 5.02 Å². The van der Waals surface area contributed by atoms with E-state index < -0.39 is 11.9 Å². The lowest BCUT2D eigenvalue weighted by Crippen LogP contribution is -2.29. The molecule has 0 unspecified atom stereocenters. The number of hydrogen-bond acceptors (Lipinski definition) is 5. The number of rotatable bonds is 4. The first-order valence-corrected chi connectivity index (χ1v) is 12.1. The molecule has 172 valence electrons. The fourth-order valence-corrected chi connectivity index (χ4v) is 5.24. The number of phenolic OH excluding ortho intramolecular Hbond substituents is 1. The second-order valence-corrected chi connectivity index (χ2v) is 9.97. The first kappa shape index (κ1) is 23.0. The van der Waals surface area contributed by atoms with Crippen LogP contribution < -0.4 is 10.2 Å². The van der Waals surface area contributed by atoms with E-state index in [4.69, 9.17) is 20.8 Å². The zero-order valence-electron chi connectivity index (χ0n) is 17.6. The molecule has 1 aliphatic heterocycles. The Bertz CT molecular complexity index is 1530. The number of aromatic hydroxyl groups is 1. The monoisotopic (exact) mass is 603 g/mol. The van der Waals surface area contributed by atoms with Gasteiger partial charge in [0, 0.05) is 16.0 Å². The molecule has 0 fully saturated rings. The highest BCUT2D eigenvalue weighted by Crippen LogP contribution is 2.44. The maximum absolute atomic E-state index is 13.7. The molecular weight excluding hydrogens is 590 g/mol. The predicted octanol–water partition coefficient (Wildman–Crippen LogP) is 6.43. The summed E-state index contributed by atoms with van der Waals surface area (Å²) in [5.41, 5.74) is 1.54. The largest absolute Gasteiger partial charge is 0.503 e. The van der Waals surface area contributed by atoms with Gasteiger partial charge in [0.1, 0.15) is 5.58 Å². The van der Waals surface area contributed by atoms with Crippen molar-refractivity contribution in [2.45, 2.75) is 12.6 Å². The normalized spacial score (nSPS) is 15.1. The number of benzene rings is 3. The summed E-state index contributed by atoms with van der Waals surface area (Å²) in [6.45, 7) is 0.146. The van der Waals surface area contributed by atoms with Crippen molar-refractivity contribution < 1.29 is 19.1 Å². The van der Waals surface area contributed by atoms with Crippen LogP contribution in [0, 0.1) is 0 Å². The molecule has 3 aromatic carbocycles. The molecule has 0 aliphatic carbocycles. The van der Waals surface area contributed by atoms with Crippen LogP contribution in [0.25, 0.3) is 11.0 Å². The summed E-state index contributed by atoms with van der Waals surface area (Å²) in [7, 11) is 1.43. The predicted molar refractivity (Wildman–Crippen MR) is 136 cm³/mol. The lowest BCUT2D eigenvalue weighted by molar-refractivity contribution is 0.0714. The quantitative estimate of drug-likeness (QED) is 0.290. The van der Waals surface area contributed by atoms with Crippen molar-refractivity contribution in [3.05, 3.63) is 101 Å². The zero-order chi connectivity index (χ0) is 24.1. The van der Waals surface area contributed by atoms with Crippen LogP contribution in [-0.4, -0.2) is 23.0 Å². The van der Waals surface area contributed by atoms with Crippen LogP contribution in [0.4, 0.5) is 0 Å². The van der Waals surface area contributed by atoms with Crippen molar-refractivity contribution in [3.63, 3.8) is 0 Å². The summed E-state index contributed by atoms with van der Waals surface area (Å²) in [6, 6.07) is 14.8. The summed E-state index contributed by atoms with van der Waals surface area (Å²) < 4.78 is 12.4. The number of carbonyl (C=O) groups is 1. The number of amides is 1. The minimum absolute atomic E-state index is 0.0139. The molecule has 0 saturated carbocycles. The van der Waals surface area contributed by atoms with Gasteiger partial charge in [0.25, 0.3) is 5.91 Å². The molecule has 1 aliphatic rings. The second kappa shape index (κ2) is 8.76. The van der Waals surface area contributed by atoms with E-state index in [0.29, 0.717) is 26.0 Å². The van der Waals surface area contributed by atoms with E-state index >= 15 is 0 Å². The van der Waals surface area contributed by atoms with Crippen molar-refractivity contribution in [2.24, 2.45) is 0 Å². The third-order valence-electron chi connectivity index (χ3n) is 5.81. The number of phenols is 1. The molecule has 1 aromatic heterocycles. The minimum Gasteiger partial charge on any atom is -0.503 e. The Labute approximate surface area is 216 Å². The maximum atomic E-state index is 13.7. The number of methoxy groups -OCH3 is 1. The van der Waals surface area contributed by atoms with Gasteiger partial charge in [0.15, 0.2) is 16.9 Å². The Hall–Kier alpha value is -2.81. The summed E-state index contributed by atoms with van der Waals surface area (Å²) in [5, 5.41) is 11.2. The summed E-state index contributed by atoms with van der Waals surface area (Å²) in [5.74, 6) is -0.316. The van der Waals surface area contributed by atoms with E-state index in [-0.39, 0.29) is 34.8 Å². The average Bonchev–Trinajstić information content (AvgIpc) is 3.09. The van der Waals surface area contributed by atoms with Crippen molar-refractivity contribution in [1.29, 1.82) is 0 Å². The van der Waals surface area contributed by atoms with Crippen LogP contribution in [0.15, 0.2) is 72.8 Å². The van der Waals surface area contributed by atoms with Gasteiger partial charge in [-0.15, -0.1) is 0 Å². The molecule has 0 spiro atoms. The molecule has 34 heavy (non-hydrogen) atoms. The van der Waals surface area contributed by atoms with Gasteiger partial charge in [0.05, 0.1) is 28.6 Å². The molecule has 1 amide bonds. The molecule has 9 heteroatoms. The fraction of sp³-hybridized carbons (Fsp3) is 0.120. The molecular formula is C25H16Br2ClNO5. The number of carbonyl (C=O) groups excluding carboxylic acids is 1. The number of halogens is 3. The van der Waals surface area contributed by atoms with E-state index in [9.17, 15) is 14.7 Å². The third kappa shape index (κ3) is 3.70. The molecule has 0 radical (unpaired) electrons. The van der Waals surface area contributed by atoms with E-state index in [1.165, 1.54) is 7.11 Å². The van der Waals surface area contributed by atoms with Gasteiger partial charge in [-0.25, -0.2) is 0 Å². The van der Waals surface area contributed by atoms with Gasteiger partial charge in [0.2, 0.25) is 5.76 Å². The lowest BCUT2D eigenvalue weighted by atomic mass is 9.97. The molecule has 4 aromatic rings. The molecule has 1 atom stereocenters. The Balaban J connectivity index is 1.78. The van der Waals surface area contributed by atoms with Crippen LogP contribution in [0.5, 0.6) is 11.5 Å². The second-order valence-electron chi connectivity index (χ2n) is 7.80. The molecule has 0 bridgehead atoms. The van der Waals surface area contributed by atoms with Crippen molar-refractivity contribution in [1.82, 2.24) is 4.90 Å². The fourth-order valence-electron chi connectivity index (χ4n) is 4.22. The number of nitrogens with zero attached hydrogens (tertiary/aromatic N) is 1. The van der Waals surface area contributed by atoms with Crippen LogP contribution in [-0.2, 0) is 6.54 Å². The highest BCUT2D eigenvalue weighted by atomic mass is 79.9. The van der Waals surface area contributed by atoms with Crippen LogP contribution in [0.1, 0.15) is 33.3 Å². The number of ether oxygens (including phenoxy) is 1. The van der Waals surface area contributed by atoms with Crippen LogP contribution >= 0.6 is 43.5 Å². The average molecular weight is 606 g/mol. The van der Waals surface area contributed by atoms with E-state index in [0.717, 1.165) is 10.0 Å². The highest BCUT2D eigenvalue weighted by molar-refractivity contribution is 9.10. The Morgan fingerprint density at radius 1 is 1.12 bits per heavy atom. The molecule has 1 N–H and O–H groups in total. The van der Waals surface area contributed by atoms with E-state index in [1.807, 2.05) is 18.2 Å². The first-order valence-electron chi connectivity index (χ1n) is 10.2. The third-order valence-corrected chi connectivity index (χ3v) is 7.28. The minimum atomic E-state index is -0.788. The number of fused-ring (bicyclic) bond motifs is 2. The Morgan fingerprint density at radius 3 is 2.62 bits per heavy atom. The van der Waals surface area contributed by atoms with E-state index in [2.05, 4.69) is 31.9 Å². The topological polar surface area (TPSA) is 80.0 Å². The summed E-state index contributed by atoms with van der Waals surface area (Å²) in [6.07, 6.45) is 0. The van der Waals surface area contributed by atoms with Crippen molar-refractivity contribution >= 4 is 60.3 Å². The summed E-state index contributed by atoms with van der Waals surface area (Å²) >= 11 is 13.1. The molecule has 2 heterocycles. The first-order chi connectivity index (χ1) is 16.3. The maximum Gasteiger partial charge on any atom is 0.291 e. The van der Waals surface area contributed by atoms with Crippen LogP contribution in [0.3, 0.4) is 0 Å². The Kier molecular flexibility index (Phi) is 5.91. The van der Waals surface area contributed by atoms with Gasteiger partial charge in [-0.2, -0.15) is 0 Å². The molecule has 0 saturated heterocycles. The lowest BCUT2D eigenvalue weighted by Gasteiger charge is -2.26. The van der Waals surface area contributed by atoms with Crippen molar-refractivity contribution in [2.75, 3.05) is 7.11 Å². The van der Waals surface area contributed by atoms with Gasteiger partial charge < -0.3 is 19.2 Å². The highest BCUT2D eigenvalue weighted by Gasteiger charge is 2.43. The van der Waals surface area contributed by atoms with E-state index in [1.54, 1.807) is 41.3 Å². The zero-order valence-corrected chi connectivity index (χ0v) is 21.6. The summed E-state index contributed by atoms with van der Waals surface area (Å²) in [4.78, 5) is 28.9. The molecule has 6 nitrogen and oxygen atoms in total. The Morgan fingerprint density at radius 2 is 1.88 bits per heavy atom. The standard InChI is InChI=1S/C25H16Br2ClNO5/c1-33-19-9-13(8-16(27)23(19)31)21-20-22(30)15-10-14(26)6-7-18(15)34-24(20)25(32)29(21)11-12-4-2-3-5-17(12)28/h2-10,21,31H,11H2,1H3/t21-/m0/s1. The number of hydrogen-bond donors (Lipinski definition) is 1. The molecule has 5 rings (SSSR count).